The molecule has 1 saturated heterocycles. The summed E-state index contributed by atoms with van der Waals surface area (Å²) in [5, 5.41) is 6.83. The van der Waals surface area contributed by atoms with Crippen LogP contribution in [0.1, 0.15) is 12.0 Å². The first-order valence-corrected chi connectivity index (χ1v) is 10.2. The lowest BCUT2D eigenvalue weighted by atomic mass is 10.1. The molecule has 1 heterocycles. The minimum absolute atomic E-state index is 0. The van der Waals surface area contributed by atoms with Gasteiger partial charge >= 0.3 is 0 Å². The summed E-state index contributed by atoms with van der Waals surface area (Å²) in [6.07, 6.45) is 1.14. The summed E-state index contributed by atoms with van der Waals surface area (Å²) >= 11 is 0. The number of methoxy groups -OCH3 is 3. The number of nitrogens with zero attached hydrogens (tertiary/aromatic N) is 2. The largest absolute Gasteiger partial charge is 0.495 e. The molecule has 170 valence electrons. The third kappa shape index (κ3) is 6.56. The van der Waals surface area contributed by atoms with Crippen molar-refractivity contribution in [2.45, 2.75) is 13.0 Å². The van der Waals surface area contributed by atoms with Crippen LogP contribution in [-0.4, -0.2) is 54.0 Å². The van der Waals surface area contributed by atoms with Crippen molar-refractivity contribution in [1.29, 1.82) is 0 Å². The Labute approximate surface area is 202 Å². The highest BCUT2D eigenvalue weighted by molar-refractivity contribution is 14.0. The van der Waals surface area contributed by atoms with Gasteiger partial charge in [-0.25, -0.2) is 0 Å². The first-order chi connectivity index (χ1) is 14.7. The maximum absolute atomic E-state index is 5.51. The average Bonchev–Trinajstić information content (AvgIpc) is 3.27. The van der Waals surface area contributed by atoms with E-state index in [1.807, 2.05) is 30.3 Å². The van der Waals surface area contributed by atoms with Crippen LogP contribution < -0.4 is 29.7 Å². The lowest BCUT2D eigenvalue weighted by Gasteiger charge is -2.21. The van der Waals surface area contributed by atoms with E-state index >= 15 is 0 Å². The number of rotatable bonds is 8. The molecule has 0 aliphatic carbocycles. The minimum Gasteiger partial charge on any atom is -0.495 e. The third-order valence-electron chi connectivity index (χ3n) is 5.40. The topological polar surface area (TPSA) is 67.4 Å². The molecule has 1 atom stereocenters. The Balaban J connectivity index is 0.00000341. The summed E-state index contributed by atoms with van der Waals surface area (Å²) in [4.78, 5) is 6.74. The second-order valence-electron chi connectivity index (χ2n) is 7.27. The van der Waals surface area contributed by atoms with Crippen molar-refractivity contribution in [3.8, 4) is 17.2 Å². The fourth-order valence-electron chi connectivity index (χ4n) is 3.75. The van der Waals surface area contributed by atoms with E-state index in [1.54, 1.807) is 28.4 Å². The van der Waals surface area contributed by atoms with E-state index in [-0.39, 0.29) is 24.0 Å². The summed E-state index contributed by atoms with van der Waals surface area (Å²) < 4.78 is 16.2. The molecule has 1 aliphatic heterocycles. The maximum Gasteiger partial charge on any atom is 0.191 e. The van der Waals surface area contributed by atoms with E-state index in [2.05, 4.69) is 32.7 Å². The van der Waals surface area contributed by atoms with Crippen molar-refractivity contribution in [1.82, 2.24) is 10.6 Å². The van der Waals surface area contributed by atoms with Gasteiger partial charge in [-0.3, -0.25) is 4.99 Å². The smallest absolute Gasteiger partial charge is 0.191 e. The molecule has 1 unspecified atom stereocenters. The maximum atomic E-state index is 5.51. The molecule has 2 aromatic rings. The molecular weight excluding hydrogens is 507 g/mol. The molecule has 31 heavy (non-hydrogen) atoms. The van der Waals surface area contributed by atoms with Crippen LogP contribution in [0.25, 0.3) is 0 Å². The SMILES string of the molecule is CN=C(NCc1ccc(OC)c(OC)c1)NCC1CCN(c2ccccc2OC)C1.I. The van der Waals surface area contributed by atoms with Gasteiger partial charge < -0.3 is 29.7 Å². The van der Waals surface area contributed by atoms with Gasteiger partial charge in [0.05, 0.1) is 27.0 Å². The molecule has 2 aromatic carbocycles. The van der Waals surface area contributed by atoms with Crippen molar-refractivity contribution in [3.05, 3.63) is 48.0 Å². The number of halogens is 1. The first kappa shape index (κ1) is 24.9. The van der Waals surface area contributed by atoms with Crippen LogP contribution >= 0.6 is 24.0 Å². The fraction of sp³-hybridized carbons (Fsp3) is 0.435. The Hall–Kier alpha value is -2.36. The molecule has 2 N–H and O–H groups in total. The number of hydrogen-bond donors (Lipinski definition) is 2. The molecule has 1 aliphatic rings. The molecule has 0 saturated carbocycles. The zero-order chi connectivity index (χ0) is 21.3. The normalized spacial score (nSPS) is 15.8. The monoisotopic (exact) mass is 540 g/mol. The van der Waals surface area contributed by atoms with Crippen LogP contribution in [0, 0.1) is 5.92 Å². The van der Waals surface area contributed by atoms with E-state index in [4.69, 9.17) is 14.2 Å². The highest BCUT2D eigenvalue weighted by atomic mass is 127. The number of ether oxygens (including phenoxy) is 3. The molecule has 0 aromatic heterocycles. The Bertz CT molecular complexity index is 862. The summed E-state index contributed by atoms with van der Waals surface area (Å²) in [6, 6.07) is 14.1. The zero-order valence-electron chi connectivity index (χ0n) is 18.7. The van der Waals surface area contributed by atoms with E-state index in [9.17, 15) is 0 Å². The van der Waals surface area contributed by atoms with Gasteiger partial charge in [-0.1, -0.05) is 18.2 Å². The number of aliphatic imine (C=N–C) groups is 1. The number of nitrogens with one attached hydrogen (secondary N) is 2. The predicted molar refractivity (Wildman–Crippen MR) is 136 cm³/mol. The third-order valence-corrected chi connectivity index (χ3v) is 5.40. The Morgan fingerprint density at radius 2 is 1.74 bits per heavy atom. The van der Waals surface area contributed by atoms with Crippen LogP contribution in [0.5, 0.6) is 17.2 Å². The molecule has 1 fully saturated rings. The number of para-hydroxylation sites is 2. The van der Waals surface area contributed by atoms with Gasteiger partial charge in [0.2, 0.25) is 0 Å². The lowest BCUT2D eigenvalue weighted by molar-refractivity contribution is 0.354. The average molecular weight is 540 g/mol. The summed E-state index contributed by atoms with van der Waals surface area (Å²) in [5.74, 6) is 3.72. The van der Waals surface area contributed by atoms with Crippen molar-refractivity contribution >= 4 is 35.6 Å². The highest BCUT2D eigenvalue weighted by Gasteiger charge is 2.24. The van der Waals surface area contributed by atoms with E-state index < -0.39 is 0 Å². The number of hydrogen-bond acceptors (Lipinski definition) is 5. The second kappa shape index (κ2) is 12.5. The summed E-state index contributed by atoms with van der Waals surface area (Å²) in [7, 11) is 6.80. The van der Waals surface area contributed by atoms with Gasteiger partial charge in [-0.2, -0.15) is 0 Å². The number of guanidine groups is 1. The van der Waals surface area contributed by atoms with Crippen LogP contribution in [0.4, 0.5) is 5.69 Å². The zero-order valence-corrected chi connectivity index (χ0v) is 21.0. The summed E-state index contributed by atoms with van der Waals surface area (Å²) in [6.45, 7) is 3.56. The Morgan fingerprint density at radius 3 is 2.45 bits per heavy atom. The van der Waals surface area contributed by atoms with Gasteiger partial charge in [0.25, 0.3) is 0 Å². The molecule has 0 radical (unpaired) electrons. The molecule has 0 bridgehead atoms. The standard InChI is InChI=1S/C23H32N4O3.HI/c1-24-23(25-14-17-9-10-21(29-3)22(13-17)30-4)26-15-18-11-12-27(16-18)19-7-5-6-8-20(19)28-2;/h5-10,13,18H,11-12,14-16H2,1-4H3,(H2,24,25,26);1H. The fourth-order valence-corrected chi connectivity index (χ4v) is 3.75. The number of benzene rings is 2. The van der Waals surface area contributed by atoms with Gasteiger partial charge in [0, 0.05) is 33.2 Å². The van der Waals surface area contributed by atoms with Gasteiger partial charge in [0.15, 0.2) is 17.5 Å². The minimum atomic E-state index is 0. The van der Waals surface area contributed by atoms with Crippen molar-refractivity contribution < 1.29 is 14.2 Å². The second-order valence-corrected chi connectivity index (χ2v) is 7.27. The van der Waals surface area contributed by atoms with Gasteiger partial charge in [0.1, 0.15) is 5.75 Å². The van der Waals surface area contributed by atoms with Crippen molar-refractivity contribution in [3.63, 3.8) is 0 Å². The van der Waals surface area contributed by atoms with E-state index in [0.29, 0.717) is 12.5 Å². The molecule has 7 nitrogen and oxygen atoms in total. The van der Waals surface area contributed by atoms with Crippen LogP contribution in [0.15, 0.2) is 47.5 Å². The molecule has 0 spiro atoms. The molecule has 8 heteroatoms. The molecule has 0 amide bonds. The molecular formula is C23H33IN4O3. The van der Waals surface area contributed by atoms with E-state index in [1.165, 1.54) is 5.69 Å². The molecule has 3 rings (SSSR count). The lowest BCUT2D eigenvalue weighted by Crippen LogP contribution is -2.39. The van der Waals surface area contributed by atoms with Crippen molar-refractivity contribution in [2.24, 2.45) is 10.9 Å². The highest BCUT2D eigenvalue weighted by Crippen LogP contribution is 2.31. The number of anilines is 1. The van der Waals surface area contributed by atoms with Gasteiger partial charge in [-0.05, 0) is 42.2 Å². The van der Waals surface area contributed by atoms with E-state index in [0.717, 1.165) is 54.8 Å². The van der Waals surface area contributed by atoms with Crippen LogP contribution in [0.3, 0.4) is 0 Å². The predicted octanol–water partition coefficient (Wildman–Crippen LogP) is 3.52. The summed E-state index contributed by atoms with van der Waals surface area (Å²) in [5.41, 5.74) is 2.26. The quantitative estimate of drug-likeness (QED) is 0.304. The van der Waals surface area contributed by atoms with Crippen LogP contribution in [-0.2, 0) is 6.54 Å². The first-order valence-electron chi connectivity index (χ1n) is 10.2. The van der Waals surface area contributed by atoms with Crippen molar-refractivity contribution in [2.75, 3.05) is 52.9 Å². The Kier molecular flexibility index (Phi) is 10.0. The van der Waals surface area contributed by atoms with Crippen LogP contribution in [0.2, 0.25) is 0 Å². The van der Waals surface area contributed by atoms with Gasteiger partial charge in [-0.15, -0.1) is 24.0 Å². The Morgan fingerprint density at radius 1 is 1.00 bits per heavy atom.